The van der Waals surface area contributed by atoms with Crippen LogP contribution in [0.5, 0.6) is 5.75 Å². The number of piperidine rings is 1. The highest BCUT2D eigenvalue weighted by Crippen LogP contribution is 2.27. The van der Waals surface area contributed by atoms with Crippen molar-refractivity contribution >= 4 is 17.6 Å². The summed E-state index contributed by atoms with van der Waals surface area (Å²) >= 11 is 6.32. The molecule has 0 unspecified atom stereocenters. The summed E-state index contributed by atoms with van der Waals surface area (Å²) < 4.78 is 5.68. The molecule has 0 aromatic heterocycles. The van der Waals surface area contributed by atoms with Gasteiger partial charge in [-0.3, -0.25) is 14.6 Å². The Labute approximate surface area is 155 Å². The van der Waals surface area contributed by atoms with E-state index in [0.717, 1.165) is 44.8 Å². The normalized spacial score (nSPS) is 16.6. The van der Waals surface area contributed by atoms with Crippen LogP contribution in [0.2, 0.25) is 5.02 Å². The highest BCUT2D eigenvalue weighted by Gasteiger charge is 2.25. The van der Waals surface area contributed by atoms with E-state index in [1.807, 2.05) is 32.9 Å². The van der Waals surface area contributed by atoms with Crippen molar-refractivity contribution in [1.29, 1.82) is 0 Å². The van der Waals surface area contributed by atoms with Crippen molar-refractivity contribution in [3.63, 3.8) is 0 Å². The van der Waals surface area contributed by atoms with Gasteiger partial charge in [0.2, 0.25) is 0 Å². The summed E-state index contributed by atoms with van der Waals surface area (Å²) in [5, 5.41) is 9.67. The molecule has 5 nitrogen and oxygen atoms in total. The first-order valence-electron chi connectivity index (χ1n) is 9.02. The number of halogens is 1. The number of carboxylic acids is 1. The number of carboxylic acid groups (broad SMARTS) is 1. The Kier molecular flexibility index (Phi) is 7.54. The zero-order valence-corrected chi connectivity index (χ0v) is 16.1. The Morgan fingerprint density at radius 1 is 1.40 bits per heavy atom. The molecule has 0 spiro atoms. The van der Waals surface area contributed by atoms with E-state index in [2.05, 4.69) is 15.9 Å². The van der Waals surface area contributed by atoms with Crippen LogP contribution in [0, 0.1) is 0 Å². The third kappa shape index (κ3) is 6.17. The van der Waals surface area contributed by atoms with Crippen LogP contribution >= 0.6 is 11.6 Å². The summed E-state index contributed by atoms with van der Waals surface area (Å²) in [6.07, 6.45) is 2.11. The third-order valence-corrected chi connectivity index (χ3v) is 4.88. The van der Waals surface area contributed by atoms with Gasteiger partial charge in [0.05, 0.1) is 17.7 Å². The maximum absolute atomic E-state index is 11.0. The zero-order valence-electron chi connectivity index (χ0n) is 15.4. The summed E-state index contributed by atoms with van der Waals surface area (Å²) in [7, 11) is 0. The Hall–Kier alpha value is -1.30. The molecule has 1 aliphatic rings. The molecule has 0 radical (unpaired) electrons. The molecule has 1 aromatic carbocycles. The summed E-state index contributed by atoms with van der Waals surface area (Å²) in [6, 6.07) is 6.35. The lowest BCUT2D eigenvalue weighted by Crippen LogP contribution is -2.46. The lowest BCUT2D eigenvalue weighted by Gasteiger charge is -2.37. The van der Waals surface area contributed by atoms with Gasteiger partial charge in [-0.15, -0.1) is 0 Å². The van der Waals surface area contributed by atoms with Gasteiger partial charge in [0.1, 0.15) is 5.75 Å². The fourth-order valence-electron chi connectivity index (χ4n) is 3.37. The number of hydrogen-bond donors (Lipinski definition) is 1. The average Bonchev–Trinajstić information content (AvgIpc) is 2.55. The first kappa shape index (κ1) is 20.0. The molecule has 0 aliphatic carbocycles. The van der Waals surface area contributed by atoms with Crippen LogP contribution in [0.4, 0.5) is 0 Å². The standard InChI is InChI=1S/C19H29ClN2O3/c1-4-22(13-19(23)24)16-7-9-21(10-8-16)12-15-5-6-18(17(20)11-15)25-14(2)3/h5-6,11,14,16H,4,7-10,12-13H2,1-3H3,(H,23,24). The summed E-state index contributed by atoms with van der Waals surface area (Å²) in [6.45, 7) is 9.72. The van der Waals surface area contributed by atoms with Crippen LogP contribution in [0.25, 0.3) is 0 Å². The van der Waals surface area contributed by atoms with Gasteiger partial charge in [-0.2, -0.15) is 0 Å². The third-order valence-electron chi connectivity index (χ3n) is 4.58. The molecule has 0 amide bonds. The van der Waals surface area contributed by atoms with Gasteiger partial charge in [0.15, 0.2) is 0 Å². The maximum Gasteiger partial charge on any atom is 0.317 e. The number of nitrogens with zero attached hydrogens (tertiary/aromatic N) is 2. The number of carbonyl (C=O) groups is 1. The topological polar surface area (TPSA) is 53.0 Å². The Bertz CT molecular complexity index is 572. The molecule has 25 heavy (non-hydrogen) atoms. The molecular formula is C19H29ClN2O3. The molecular weight excluding hydrogens is 340 g/mol. The van der Waals surface area contributed by atoms with Crippen LogP contribution in [0.1, 0.15) is 39.2 Å². The van der Waals surface area contributed by atoms with Crippen LogP contribution in [0.15, 0.2) is 18.2 Å². The molecule has 1 heterocycles. The number of aliphatic carboxylic acids is 1. The van der Waals surface area contributed by atoms with Crippen molar-refractivity contribution in [1.82, 2.24) is 9.80 Å². The second-order valence-electron chi connectivity index (χ2n) is 6.90. The fourth-order valence-corrected chi connectivity index (χ4v) is 3.61. The van der Waals surface area contributed by atoms with E-state index >= 15 is 0 Å². The van der Waals surface area contributed by atoms with E-state index in [-0.39, 0.29) is 12.6 Å². The van der Waals surface area contributed by atoms with Crippen molar-refractivity contribution in [2.75, 3.05) is 26.2 Å². The van der Waals surface area contributed by atoms with Crippen molar-refractivity contribution in [2.45, 2.75) is 52.3 Å². The van der Waals surface area contributed by atoms with E-state index in [9.17, 15) is 4.79 Å². The molecule has 1 aromatic rings. The lowest BCUT2D eigenvalue weighted by atomic mass is 10.0. The molecule has 140 valence electrons. The fraction of sp³-hybridized carbons (Fsp3) is 0.632. The van der Waals surface area contributed by atoms with Crippen LogP contribution in [0.3, 0.4) is 0 Å². The number of likely N-dealkylation sites (tertiary alicyclic amines) is 1. The van der Waals surface area contributed by atoms with E-state index in [1.54, 1.807) is 0 Å². The van der Waals surface area contributed by atoms with E-state index < -0.39 is 5.97 Å². The zero-order chi connectivity index (χ0) is 18.4. The molecule has 1 aliphatic heterocycles. The van der Waals surface area contributed by atoms with Crippen LogP contribution < -0.4 is 4.74 Å². The highest BCUT2D eigenvalue weighted by molar-refractivity contribution is 6.32. The largest absolute Gasteiger partial charge is 0.489 e. The molecule has 1 saturated heterocycles. The number of ether oxygens (including phenoxy) is 1. The van der Waals surface area contributed by atoms with Crippen molar-refractivity contribution in [3.05, 3.63) is 28.8 Å². The van der Waals surface area contributed by atoms with Gasteiger partial charge in [-0.05, 0) is 64.0 Å². The monoisotopic (exact) mass is 368 g/mol. The van der Waals surface area contributed by atoms with Gasteiger partial charge < -0.3 is 9.84 Å². The minimum atomic E-state index is -0.748. The van der Waals surface area contributed by atoms with E-state index in [4.69, 9.17) is 21.4 Å². The van der Waals surface area contributed by atoms with Gasteiger partial charge in [-0.1, -0.05) is 24.6 Å². The number of benzene rings is 1. The van der Waals surface area contributed by atoms with Crippen molar-refractivity contribution in [2.24, 2.45) is 0 Å². The summed E-state index contributed by atoms with van der Waals surface area (Å²) in [4.78, 5) is 15.4. The Balaban J connectivity index is 1.87. The predicted molar refractivity (Wildman–Crippen MR) is 100 cm³/mol. The molecule has 1 fully saturated rings. The van der Waals surface area contributed by atoms with Crippen molar-refractivity contribution in [3.8, 4) is 5.75 Å². The maximum atomic E-state index is 11.0. The SMILES string of the molecule is CCN(CC(=O)O)C1CCN(Cc2ccc(OC(C)C)c(Cl)c2)CC1. The quantitative estimate of drug-likeness (QED) is 0.761. The molecule has 6 heteroatoms. The Morgan fingerprint density at radius 3 is 2.60 bits per heavy atom. The number of hydrogen-bond acceptors (Lipinski definition) is 4. The number of rotatable bonds is 8. The summed E-state index contributed by atoms with van der Waals surface area (Å²) in [5.74, 6) is -0.0194. The minimum Gasteiger partial charge on any atom is -0.489 e. The highest BCUT2D eigenvalue weighted by atomic mass is 35.5. The second kappa shape index (κ2) is 9.41. The van der Waals surface area contributed by atoms with Crippen LogP contribution in [-0.2, 0) is 11.3 Å². The van der Waals surface area contributed by atoms with Crippen LogP contribution in [-0.4, -0.2) is 59.2 Å². The predicted octanol–water partition coefficient (Wildman–Crippen LogP) is 3.50. The van der Waals surface area contributed by atoms with Gasteiger partial charge in [-0.25, -0.2) is 0 Å². The van der Waals surface area contributed by atoms with E-state index in [1.165, 1.54) is 5.56 Å². The first-order valence-corrected chi connectivity index (χ1v) is 9.40. The summed E-state index contributed by atoms with van der Waals surface area (Å²) in [5.41, 5.74) is 1.18. The van der Waals surface area contributed by atoms with Crippen molar-refractivity contribution < 1.29 is 14.6 Å². The smallest absolute Gasteiger partial charge is 0.317 e. The first-order chi connectivity index (χ1) is 11.9. The molecule has 2 rings (SSSR count). The number of likely N-dealkylation sites (N-methyl/N-ethyl adjacent to an activating group) is 1. The van der Waals surface area contributed by atoms with Gasteiger partial charge >= 0.3 is 5.97 Å². The minimum absolute atomic E-state index is 0.106. The van der Waals surface area contributed by atoms with Gasteiger partial charge in [0, 0.05) is 12.6 Å². The molecule has 1 N–H and O–H groups in total. The van der Waals surface area contributed by atoms with Gasteiger partial charge in [0.25, 0.3) is 0 Å². The molecule has 0 atom stereocenters. The lowest BCUT2D eigenvalue weighted by molar-refractivity contribution is -0.139. The molecule has 0 saturated carbocycles. The van der Waals surface area contributed by atoms with E-state index in [0.29, 0.717) is 11.1 Å². The molecule has 0 bridgehead atoms. The average molecular weight is 369 g/mol. The Morgan fingerprint density at radius 2 is 2.08 bits per heavy atom. The second-order valence-corrected chi connectivity index (χ2v) is 7.30.